The summed E-state index contributed by atoms with van der Waals surface area (Å²) < 4.78 is 22.3. The molecule has 19 heavy (non-hydrogen) atoms. The highest BCUT2D eigenvalue weighted by atomic mass is 35.7. The number of halogens is 1. The van der Waals surface area contributed by atoms with E-state index < -0.39 is 9.05 Å². The summed E-state index contributed by atoms with van der Waals surface area (Å²) in [6.45, 7) is 0.498. The number of terminal acetylenes is 1. The Labute approximate surface area is 117 Å². The van der Waals surface area contributed by atoms with Crippen LogP contribution in [0.3, 0.4) is 0 Å². The Morgan fingerprint density at radius 1 is 1.37 bits per heavy atom. The molecule has 6 heteroatoms. The van der Waals surface area contributed by atoms with E-state index in [-0.39, 0.29) is 16.4 Å². The Kier molecular flexibility index (Phi) is 5.87. The van der Waals surface area contributed by atoms with Crippen LogP contribution in [-0.2, 0) is 9.05 Å². The van der Waals surface area contributed by atoms with E-state index in [2.05, 4.69) is 11.2 Å². The molecule has 1 amide bonds. The van der Waals surface area contributed by atoms with Crippen LogP contribution in [0.1, 0.15) is 29.6 Å². The van der Waals surface area contributed by atoms with E-state index in [1.807, 2.05) is 0 Å². The van der Waals surface area contributed by atoms with Crippen LogP contribution in [0.2, 0.25) is 0 Å². The summed E-state index contributed by atoms with van der Waals surface area (Å²) in [6.07, 6.45) is 7.41. The van der Waals surface area contributed by atoms with Gasteiger partial charge in [0, 0.05) is 29.2 Å². The van der Waals surface area contributed by atoms with Gasteiger partial charge in [-0.3, -0.25) is 4.79 Å². The van der Waals surface area contributed by atoms with Gasteiger partial charge in [-0.05, 0) is 31.0 Å². The summed E-state index contributed by atoms with van der Waals surface area (Å²) in [6, 6.07) is 5.59. The number of nitrogens with one attached hydrogen (secondary N) is 1. The van der Waals surface area contributed by atoms with E-state index in [9.17, 15) is 13.2 Å². The minimum atomic E-state index is -3.82. The van der Waals surface area contributed by atoms with Gasteiger partial charge < -0.3 is 5.32 Å². The maximum Gasteiger partial charge on any atom is 0.261 e. The van der Waals surface area contributed by atoms with E-state index in [4.69, 9.17) is 17.1 Å². The molecular formula is C13H14ClNO3S. The van der Waals surface area contributed by atoms with Gasteiger partial charge in [0.05, 0.1) is 4.90 Å². The van der Waals surface area contributed by atoms with Crippen LogP contribution in [0.25, 0.3) is 0 Å². The van der Waals surface area contributed by atoms with Crippen molar-refractivity contribution in [2.45, 2.75) is 24.2 Å². The molecule has 0 saturated carbocycles. The Morgan fingerprint density at radius 2 is 2.11 bits per heavy atom. The monoisotopic (exact) mass is 299 g/mol. The minimum Gasteiger partial charge on any atom is -0.352 e. The molecule has 0 heterocycles. The van der Waals surface area contributed by atoms with Gasteiger partial charge in [-0.25, -0.2) is 8.42 Å². The molecule has 102 valence electrons. The van der Waals surface area contributed by atoms with E-state index in [0.29, 0.717) is 13.0 Å². The molecule has 0 aliphatic heterocycles. The molecule has 0 radical (unpaired) electrons. The summed E-state index contributed by atoms with van der Waals surface area (Å²) in [5, 5.41) is 2.69. The fourth-order valence-corrected chi connectivity index (χ4v) is 2.24. The van der Waals surface area contributed by atoms with Crippen molar-refractivity contribution >= 4 is 25.6 Å². The van der Waals surface area contributed by atoms with Crippen LogP contribution in [0.4, 0.5) is 0 Å². The molecule has 0 aliphatic rings. The molecule has 0 spiro atoms. The van der Waals surface area contributed by atoms with Crippen molar-refractivity contribution in [3.05, 3.63) is 29.8 Å². The molecule has 1 N–H and O–H groups in total. The lowest BCUT2D eigenvalue weighted by atomic mass is 10.2. The smallest absolute Gasteiger partial charge is 0.261 e. The number of amides is 1. The average Bonchev–Trinajstić information content (AvgIpc) is 2.37. The third-order valence-corrected chi connectivity index (χ3v) is 3.76. The number of carbonyl (C=O) groups excluding carboxylic acids is 1. The molecule has 0 bridgehead atoms. The fourth-order valence-electron chi connectivity index (χ4n) is 1.45. The summed E-state index contributed by atoms with van der Waals surface area (Å²) in [7, 11) is 1.40. The predicted octanol–water partition coefficient (Wildman–Crippen LogP) is 2.15. The predicted molar refractivity (Wildman–Crippen MR) is 74.5 cm³/mol. The summed E-state index contributed by atoms with van der Waals surface area (Å²) in [4.78, 5) is 11.7. The van der Waals surface area contributed by atoms with Gasteiger partial charge in [-0.15, -0.1) is 12.3 Å². The standard InChI is InChI=1S/C13H14ClNO3S/c1-2-3-4-5-9-15-13(16)11-7-6-8-12(10-11)19(14,17)18/h1,6-8,10H,3-5,9H2,(H,15,16). The molecule has 0 fully saturated rings. The molecule has 0 aliphatic carbocycles. The van der Waals surface area contributed by atoms with E-state index in [1.165, 1.54) is 24.3 Å². The fraction of sp³-hybridized carbons (Fsp3) is 0.308. The summed E-state index contributed by atoms with van der Waals surface area (Å²) in [5.74, 6) is 2.19. The first-order valence-electron chi connectivity index (χ1n) is 5.71. The van der Waals surface area contributed by atoms with E-state index in [0.717, 1.165) is 12.8 Å². The van der Waals surface area contributed by atoms with Gasteiger partial charge in [-0.1, -0.05) is 6.07 Å². The van der Waals surface area contributed by atoms with Gasteiger partial charge in [0.15, 0.2) is 0 Å². The largest absolute Gasteiger partial charge is 0.352 e. The van der Waals surface area contributed by atoms with E-state index in [1.54, 1.807) is 0 Å². The summed E-state index contributed by atoms with van der Waals surface area (Å²) in [5.41, 5.74) is 0.263. The van der Waals surface area contributed by atoms with Crippen LogP contribution in [0.5, 0.6) is 0 Å². The second-order valence-electron chi connectivity index (χ2n) is 3.88. The number of benzene rings is 1. The molecule has 4 nitrogen and oxygen atoms in total. The normalized spacial score (nSPS) is 10.7. The molecule has 0 atom stereocenters. The highest BCUT2D eigenvalue weighted by Crippen LogP contribution is 2.16. The Morgan fingerprint density at radius 3 is 2.74 bits per heavy atom. The van der Waals surface area contributed by atoms with Crippen LogP contribution in [0, 0.1) is 12.3 Å². The van der Waals surface area contributed by atoms with Crippen LogP contribution in [-0.4, -0.2) is 20.9 Å². The number of rotatable bonds is 6. The van der Waals surface area contributed by atoms with E-state index >= 15 is 0 Å². The number of hydrogen-bond donors (Lipinski definition) is 1. The Hall–Kier alpha value is -1.51. The Balaban J connectivity index is 2.61. The van der Waals surface area contributed by atoms with Crippen molar-refractivity contribution in [2.75, 3.05) is 6.54 Å². The van der Waals surface area contributed by atoms with Crippen molar-refractivity contribution in [3.63, 3.8) is 0 Å². The summed E-state index contributed by atoms with van der Waals surface area (Å²) >= 11 is 0. The highest BCUT2D eigenvalue weighted by molar-refractivity contribution is 8.13. The minimum absolute atomic E-state index is 0.0888. The zero-order chi connectivity index (χ0) is 14.3. The molecule has 0 unspecified atom stereocenters. The molecule has 0 saturated heterocycles. The topological polar surface area (TPSA) is 63.2 Å². The molecular weight excluding hydrogens is 286 g/mol. The lowest BCUT2D eigenvalue weighted by molar-refractivity contribution is 0.0953. The molecule has 1 aromatic carbocycles. The van der Waals surface area contributed by atoms with Gasteiger partial charge in [0.2, 0.25) is 0 Å². The maximum absolute atomic E-state index is 11.8. The van der Waals surface area contributed by atoms with Crippen molar-refractivity contribution in [1.29, 1.82) is 0 Å². The van der Waals surface area contributed by atoms with Crippen molar-refractivity contribution in [3.8, 4) is 12.3 Å². The lowest BCUT2D eigenvalue weighted by Crippen LogP contribution is -2.24. The second-order valence-corrected chi connectivity index (χ2v) is 6.45. The Bertz CT molecular complexity index is 590. The van der Waals surface area contributed by atoms with Gasteiger partial charge in [0.25, 0.3) is 15.0 Å². The maximum atomic E-state index is 11.8. The number of hydrogen-bond acceptors (Lipinski definition) is 3. The zero-order valence-electron chi connectivity index (χ0n) is 10.2. The van der Waals surface area contributed by atoms with Gasteiger partial charge in [-0.2, -0.15) is 0 Å². The van der Waals surface area contributed by atoms with Crippen LogP contribution < -0.4 is 5.32 Å². The van der Waals surface area contributed by atoms with Crippen molar-refractivity contribution in [2.24, 2.45) is 0 Å². The molecule has 1 aromatic rings. The first kappa shape index (κ1) is 15.5. The van der Waals surface area contributed by atoms with Crippen molar-refractivity contribution < 1.29 is 13.2 Å². The van der Waals surface area contributed by atoms with Crippen molar-refractivity contribution in [1.82, 2.24) is 5.32 Å². The number of unbranched alkanes of at least 4 members (excludes halogenated alkanes) is 2. The van der Waals surface area contributed by atoms with Gasteiger partial charge >= 0.3 is 0 Å². The third-order valence-electron chi connectivity index (χ3n) is 2.41. The third kappa shape index (κ3) is 5.33. The first-order valence-corrected chi connectivity index (χ1v) is 8.02. The van der Waals surface area contributed by atoms with Crippen LogP contribution in [0.15, 0.2) is 29.2 Å². The molecule has 0 aromatic heterocycles. The SMILES string of the molecule is C#CCCCCNC(=O)c1cccc(S(=O)(=O)Cl)c1. The second kappa shape index (κ2) is 7.17. The highest BCUT2D eigenvalue weighted by Gasteiger charge is 2.12. The molecule has 1 rings (SSSR count). The average molecular weight is 300 g/mol. The van der Waals surface area contributed by atoms with Crippen LogP contribution >= 0.6 is 10.7 Å². The first-order chi connectivity index (χ1) is 8.95. The van der Waals surface area contributed by atoms with Gasteiger partial charge in [0.1, 0.15) is 0 Å². The number of carbonyl (C=O) groups is 1. The quantitative estimate of drug-likeness (QED) is 0.497. The lowest BCUT2D eigenvalue weighted by Gasteiger charge is -2.05. The zero-order valence-corrected chi connectivity index (χ0v) is 11.8.